The number of hydrogen-bond donors (Lipinski definition) is 4. The van der Waals surface area contributed by atoms with Crippen molar-refractivity contribution in [1.82, 2.24) is 9.88 Å². The Hall–Kier alpha value is -3.19. The molecule has 9 heteroatoms. The Labute approximate surface area is 205 Å². The standard InChI is InChI=1S/C24H19Cl3N4O2/c25-16-8-15(22(27)18(26)9-16)11-30-24(33)20-10-17-19(5-2-6-21(17)32)31(20)12-13-3-1-4-14(7-13)23(28)29/h1-10,32H,11-12H2,(H3,28,29)(H,30,33). The predicted octanol–water partition coefficient (Wildman–Crippen LogP) is 5.57. The highest BCUT2D eigenvalue weighted by molar-refractivity contribution is 6.43. The summed E-state index contributed by atoms with van der Waals surface area (Å²) in [6.07, 6.45) is 0. The third kappa shape index (κ3) is 4.78. The molecule has 4 aromatic rings. The van der Waals surface area contributed by atoms with Gasteiger partial charge in [0.05, 0.1) is 15.6 Å². The van der Waals surface area contributed by atoms with Crippen molar-refractivity contribution in [3.05, 3.63) is 98.1 Å². The molecule has 1 amide bonds. The Bertz CT molecular complexity index is 1400. The summed E-state index contributed by atoms with van der Waals surface area (Å²) in [5.41, 5.74) is 8.69. The Morgan fingerprint density at radius 3 is 2.58 bits per heavy atom. The minimum Gasteiger partial charge on any atom is -0.507 e. The Morgan fingerprint density at radius 1 is 1.06 bits per heavy atom. The molecule has 0 atom stereocenters. The van der Waals surface area contributed by atoms with Gasteiger partial charge in [-0.25, -0.2) is 0 Å². The van der Waals surface area contributed by atoms with Crippen molar-refractivity contribution >= 4 is 57.4 Å². The maximum absolute atomic E-state index is 13.2. The Morgan fingerprint density at radius 2 is 1.82 bits per heavy atom. The Kier molecular flexibility index (Phi) is 6.51. The van der Waals surface area contributed by atoms with Gasteiger partial charge in [-0.1, -0.05) is 59.1 Å². The van der Waals surface area contributed by atoms with Crippen LogP contribution in [-0.4, -0.2) is 21.4 Å². The molecule has 33 heavy (non-hydrogen) atoms. The third-order valence-electron chi connectivity index (χ3n) is 5.24. The number of amidine groups is 1. The van der Waals surface area contributed by atoms with Crippen molar-refractivity contribution in [2.24, 2.45) is 5.73 Å². The maximum Gasteiger partial charge on any atom is 0.268 e. The number of phenols is 1. The lowest BCUT2D eigenvalue weighted by Crippen LogP contribution is -2.26. The van der Waals surface area contributed by atoms with Crippen LogP contribution in [0.5, 0.6) is 5.75 Å². The first-order valence-electron chi connectivity index (χ1n) is 9.90. The van der Waals surface area contributed by atoms with Gasteiger partial charge in [0.2, 0.25) is 0 Å². The number of fused-ring (bicyclic) bond motifs is 1. The molecule has 0 unspecified atom stereocenters. The SMILES string of the molecule is N=C(N)c1cccc(Cn2c(C(=O)NCc3cc(Cl)cc(Cl)c3Cl)cc3c(O)cccc32)c1. The first kappa shape index (κ1) is 23.0. The second kappa shape index (κ2) is 9.35. The minimum atomic E-state index is -0.361. The van der Waals surface area contributed by atoms with Crippen LogP contribution in [0.4, 0.5) is 0 Å². The summed E-state index contributed by atoms with van der Waals surface area (Å²) < 4.78 is 1.80. The van der Waals surface area contributed by atoms with E-state index < -0.39 is 0 Å². The Balaban J connectivity index is 1.70. The first-order valence-corrected chi connectivity index (χ1v) is 11.0. The number of carbonyl (C=O) groups is 1. The topological polar surface area (TPSA) is 104 Å². The lowest BCUT2D eigenvalue weighted by molar-refractivity contribution is 0.0942. The van der Waals surface area contributed by atoms with Gasteiger partial charge in [-0.3, -0.25) is 10.2 Å². The van der Waals surface area contributed by atoms with Crippen LogP contribution in [0.25, 0.3) is 10.9 Å². The van der Waals surface area contributed by atoms with Crippen LogP contribution in [0.15, 0.2) is 60.7 Å². The van der Waals surface area contributed by atoms with Crippen LogP contribution in [0.3, 0.4) is 0 Å². The molecule has 0 aliphatic rings. The van der Waals surface area contributed by atoms with Gasteiger partial charge in [0.15, 0.2) is 0 Å². The van der Waals surface area contributed by atoms with Crippen LogP contribution < -0.4 is 11.1 Å². The number of nitrogens with two attached hydrogens (primary N) is 1. The summed E-state index contributed by atoms with van der Waals surface area (Å²) in [7, 11) is 0. The number of amides is 1. The summed E-state index contributed by atoms with van der Waals surface area (Å²) in [6, 6.07) is 17.2. The smallest absolute Gasteiger partial charge is 0.268 e. The van der Waals surface area contributed by atoms with Gasteiger partial charge in [-0.05, 0) is 47.5 Å². The molecule has 6 nitrogen and oxygen atoms in total. The zero-order chi connectivity index (χ0) is 23.7. The van der Waals surface area contributed by atoms with Gasteiger partial charge >= 0.3 is 0 Å². The third-order valence-corrected chi connectivity index (χ3v) is 6.30. The van der Waals surface area contributed by atoms with Crippen LogP contribution in [-0.2, 0) is 13.1 Å². The molecule has 0 saturated heterocycles. The second-order valence-corrected chi connectivity index (χ2v) is 8.70. The largest absolute Gasteiger partial charge is 0.507 e. The average Bonchev–Trinajstić information content (AvgIpc) is 3.15. The minimum absolute atomic E-state index is 0.0399. The van der Waals surface area contributed by atoms with Gasteiger partial charge in [-0.2, -0.15) is 0 Å². The van der Waals surface area contributed by atoms with Gasteiger partial charge in [-0.15, -0.1) is 0 Å². The maximum atomic E-state index is 13.2. The summed E-state index contributed by atoms with van der Waals surface area (Å²) in [5, 5.41) is 22.5. The zero-order valence-electron chi connectivity index (χ0n) is 17.2. The number of nitrogens with zero attached hydrogens (tertiary/aromatic N) is 1. The number of nitrogens with one attached hydrogen (secondary N) is 2. The zero-order valence-corrected chi connectivity index (χ0v) is 19.5. The number of carbonyl (C=O) groups excluding carboxylic acids is 1. The van der Waals surface area contributed by atoms with Gasteiger partial charge in [0.1, 0.15) is 17.3 Å². The van der Waals surface area contributed by atoms with E-state index in [1.165, 1.54) is 6.07 Å². The van der Waals surface area contributed by atoms with Crippen LogP contribution in [0.1, 0.15) is 27.2 Å². The van der Waals surface area contributed by atoms with E-state index in [9.17, 15) is 9.90 Å². The molecule has 0 fully saturated rings. The van der Waals surface area contributed by atoms with E-state index in [0.717, 1.165) is 5.56 Å². The van der Waals surface area contributed by atoms with Crippen molar-refractivity contribution in [2.75, 3.05) is 0 Å². The molecule has 0 saturated carbocycles. The van der Waals surface area contributed by atoms with Crippen molar-refractivity contribution in [1.29, 1.82) is 5.41 Å². The molecule has 168 valence electrons. The van der Waals surface area contributed by atoms with Gasteiger partial charge in [0.25, 0.3) is 5.91 Å². The van der Waals surface area contributed by atoms with E-state index in [-0.39, 0.29) is 24.0 Å². The van der Waals surface area contributed by atoms with Crippen LogP contribution >= 0.6 is 34.8 Å². The van der Waals surface area contributed by atoms with Crippen molar-refractivity contribution in [2.45, 2.75) is 13.1 Å². The molecule has 1 aromatic heterocycles. The molecule has 0 spiro atoms. The fourth-order valence-corrected chi connectivity index (χ4v) is 4.36. The molecular formula is C24H19Cl3N4O2. The fourth-order valence-electron chi connectivity index (χ4n) is 3.65. The van der Waals surface area contributed by atoms with E-state index >= 15 is 0 Å². The van der Waals surface area contributed by atoms with E-state index in [0.29, 0.717) is 49.3 Å². The normalized spacial score (nSPS) is 11.0. The van der Waals surface area contributed by atoms with E-state index in [4.69, 9.17) is 45.9 Å². The van der Waals surface area contributed by atoms with Crippen molar-refractivity contribution in [3.63, 3.8) is 0 Å². The van der Waals surface area contributed by atoms with Crippen LogP contribution in [0, 0.1) is 5.41 Å². The highest BCUT2D eigenvalue weighted by Crippen LogP contribution is 2.31. The van der Waals surface area contributed by atoms with Gasteiger partial charge < -0.3 is 20.7 Å². The lowest BCUT2D eigenvalue weighted by Gasteiger charge is -2.13. The van der Waals surface area contributed by atoms with Gasteiger partial charge in [0, 0.05) is 29.1 Å². The fraction of sp³-hybridized carbons (Fsp3) is 0.0833. The summed E-state index contributed by atoms with van der Waals surface area (Å²) in [4.78, 5) is 13.2. The van der Waals surface area contributed by atoms with E-state index in [2.05, 4.69) is 5.32 Å². The number of hydrogen-bond acceptors (Lipinski definition) is 3. The number of aromatic nitrogens is 1. The number of nitrogen functional groups attached to an aromatic ring is 1. The molecule has 0 aliphatic heterocycles. The summed E-state index contributed by atoms with van der Waals surface area (Å²) in [6.45, 7) is 0.450. The molecule has 3 aromatic carbocycles. The number of phenolic OH excluding ortho intramolecular Hbond substituents is 1. The molecule has 5 N–H and O–H groups in total. The van der Waals surface area contributed by atoms with E-state index in [1.54, 1.807) is 47.0 Å². The highest BCUT2D eigenvalue weighted by atomic mass is 35.5. The molecule has 0 radical (unpaired) electrons. The van der Waals surface area contributed by atoms with Crippen molar-refractivity contribution in [3.8, 4) is 5.75 Å². The lowest BCUT2D eigenvalue weighted by atomic mass is 10.1. The first-order chi connectivity index (χ1) is 15.7. The van der Waals surface area contributed by atoms with E-state index in [1.807, 2.05) is 12.1 Å². The summed E-state index contributed by atoms with van der Waals surface area (Å²) in [5.74, 6) is -0.329. The predicted molar refractivity (Wildman–Crippen MR) is 133 cm³/mol. The average molecular weight is 502 g/mol. The van der Waals surface area contributed by atoms with Crippen molar-refractivity contribution < 1.29 is 9.90 Å². The molecule has 0 aliphatic carbocycles. The quantitative estimate of drug-likeness (QED) is 0.158. The molecule has 1 heterocycles. The number of rotatable bonds is 6. The molecular weight excluding hydrogens is 483 g/mol. The molecule has 0 bridgehead atoms. The number of halogens is 3. The number of aromatic hydroxyl groups is 1. The number of benzene rings is 3. The highest BCUT2D eigenvalue weighted by Gasteiger charge is 2.18. The second-order valence-electron chi connectivity index (χ2n) is 7.48. The monoisotopic (exact) mass is 500 g/mol. The van der Waals surface area contributed by atoms with Crippen LogP contribution in [0.2, 0.25) is 15.1 Å². The molecule has 4 rings (SSSR count). The summed E-state index contributed by atoms with van der Waals surface area (Å²) >= 11 is 18.4.